The van der Waals surface area contributed by atoms with Gasteiger partial charge in [0.15, 0.2) is 0 Å². The third kappa shape index (κ3) is 2.90. The van der Waals surface area contributed by atoms with E-state index in [4.69, 9.17) is 4.74 Å². The summed E-state index contributed by atoms with van der Waals surface area (Å²) in [7, 11) is 1.37. The molecule has 98 valence electrons. The van der Waals surface area contributed by atoms with E-state index in [0.717, 1.165) is 5.56 Å². The summed E-state index contributed by atoms with van der Waals surface area (Å²) >= 11 is 1.42. The van der Waals surface area contributed by atoms with Crippen molar-refractivity contribution in [3.05, 3.63) is 57.8 Å². The summed E-state index contributed by atoms with van der Waals surface area (Å²) in [4.78, 5) is 24.2. The number of hydrogen-bond acceptors (Lipinski definition) is 4. The lowest BCUT2D eigenvalue weighted by Crippen LogP contribution is -2.11. The molecule has 3 nitrogen and oxygen atoms in total. The summed E-state index contributed by atoms with van der Waals surface area (Å²) in [5.41, 5.74) is 1.47. The monoisotopic (exact) mass is 274 g/mol. The molecule has 0 aliphatic rings. The zero-order valence-corrected chi connectivity index (χ0v) is 11.6. The third-order valence-electron chi connectivity index (χ3n) is 2.97. The molecule has 0 bridgehead atoms. The zero-order chi connectivity index (χ0) is 13.8. The van der Waals surface area contributed by atoms with Gasteiger partial charge in [-0.25, -0.2) is 0 Å². The summed E-state index contributed by atoms with van der Waals surface area (Å²) in [5, 5.41) is 1.88. The molecule has 0 saturated carbocycles. The summed E-state index contributed by atoms with van der Waals surface area (Å²) in [5.74, 6) is -0.597. The molecule has 0 aliphatic carbocycles. The fourth-order valence-corrected chi connectivity index (χ4v) is 2.47. The van der Waals surface area contributed by atoms with Crippen LogP contribution in [-0.4, -0.2) is 18.9 Å². The highest BCUT2D eigenvalue weighted by Crippen LogP contribution is 2.20. The largest absolute Gasteiger partial charge is 0.469 e. The van der Waals surface area contributed by atoms with Gasteiger partial charge >= 0.3 is 5.97 Å². The predicted molar refractivity (Wildman–Crippen MR) is 74.6 cm³/mol. The highest BCUT2D eigenvalue weighted by atomic mass is 32.1. The Labute approximate surface area is 115 Å². The van der Waals surface area contributed by atoms with Gasteiger partial charge in [-0.3, -0.25) is 9.59 Å². The topological polar surface area (TPSA) is 43.4 Å². The Balaban J connectivity index is 2.19. The lowest BCUT2D eigenvalue weighted by molar-refractivity contribution is -0.141. The van der Waals surface area contributed by atoms with Crippen LogP contribution in [0.15, 0.2) is 41.8 Å². The Bertz CT molecular complexity index is 570. The molecule has 0 aliphatic heterocycles. The van der Waals surface area contributed by atoms with Crippen LogP contribution < -0.4 is 0 Å². The van der Waals surface area contributed by atoms with Gasteiger partial charge < -0.3 is 4.74 Å². The molecule has 1 aromatic carbocycles. The lowest BCUT2D eigenvalue weighted by atomic mass is 9.99. The van der Waals surface area contributed by atoms with E-state index in [1.807, 2.05) is 11.4 Å². The molecule has 2 aromatic rings. The van der Waals surface area contributed by atoms with Gasteiger partial charge in [-0.05, 0) is 23.9 Å². The van der Waals surface area contributed by atoms with E-state index < -0.39 is 0 Å². The van der Waals surface area contributed by atoms with E-state index in [1.54, 1.807) is 37.3 Å². The van der Waals surface area contributed by atoms with E-state index in [9.17, 15) is 9.59 Å². The van der Waals surface area contributed by atoms with Gasteiger partial charge in [-0.15, -0.1) is 11.3 Å². The minimum absolute atomic E-state index is 0.00673. The number of hydrogen-bond donors (Lipinski definition) is 0. The van der Waals surface area contributed by atoms with Crippen molar-refractivity contribution in [2.75, 3.05) is 7.11 Å². The van der Waals surface area contributed by atoms with Crippen LogP contribution >= 0.6 is 11.3 Å². The molecular formula is C15H14O3S. The van der Waals surface area contributed by atoms with Gasteiger partial charge in [0.25, 0.3) is 0 Å². The highest BCUT2D eigenvalue weighted by molar-refractivity contribution is 7.12. The van der Waals surface area contributed by atoms with Gasteiger partial charge in [0, 0.05) is 5.56 Å². The molecule has 0 amide bonds. The van der Waals surface area contributed by atoms with Gasteiger partial charge in [-0.1, -0.05) is 30.3 Å². The van der Waals surface area contributed by atoms with Crippen LogP contribution in [0.4, 0.5) is 0 Å². The van der Waals surface area contributed by atoms with Crippen molar-refractivity contribution in [2.45, 2.75) is 12.8 Å². The van der Waals surface area contributed by atoms with Crippen molar-refractivity contribution in [3.8, 4) is 0 Å². The minimum Gasteiger partial charge on any atom is -0.469 e. The molecule has 19 heavy (non-hydrogen) atoms. The van der Waals surface area contributed by atoms with Crippen LogP contribution in [-0.2, 0) is 9.53 Å². The Kier molecular flexibility index (Phi) is 4.12. The van der Waals surface area contributed by atoms with E-state index >= 15 is 0 Å². The average molecular weight is 274 g/mol. The fourth-order valence-electron chi connectivity index (χ4n) is 1.79. The molecule has 0 spiro atoms. The Morgan fingerprint density at radius 3 is 2.37 bits per heavy atom. The number of ether oxygens (including phenoxy) is 1. The fraction of sp³-hybridized carbons (Fsp3) is 0.200. The van der Waals surface area contributed by atoms with Crippen molar-refractivity contribution >= 4 is 23.1 Å². The Morgan fingerprint density at radius 1 is 1.16 bits per heavy atom. The first-order valence-corrected chi connectivity index (χ1v) is 6.77. The maximum absolute atomic E-state index is 12.1. The summed E-state index contributed by atoms with van der Waals surface area (Å²) < 4.78 is 4.70. The van der Waals surface area contributed by atoms with Crippen molar-refractivity contribution in [2.24, 2.45) is 0 Å². The maximum Gasteiger partial charge on any atom is 0.312 e. The smallest absolute Gasteiger partial charge is 0.312 e. The molecule has 0 radical (unpaired) electrons. The predicted octanol–water partition coefficient (Wildman–Crippen LogP) is 3.26. The first kappa shape index (κ1) is 13.5. The van der Waals surface area contributed by atoms with Crippen LogP contribution in [0.3, 0.4) is 0 Å². The molecule has 1 atom stereocenters. The Hall–Kier alpha value is -1.94. The number of carbonyl (C=O) groups excluding carboxylic acids is 2. The van der Waals surface area contributed by atoms with E-state index in [-0.39, 0.29) is 17.7 Å². The first-order valence-electron chi connectivity index (χ1n) is 5.89. The quantitative estimate of drug-likeness (QED) is 0.635. The number of ketones is 1. The molecule has 4 heteroatoms. The number of esters is 1. The average Bonchev–Trinajstić information content (AvgIpc) is 2.99. The lowest BCUT2D eigenvalue weighted by Gasteiger charge is -2.09. The van der Waals surface area contributed by atoms with Crippen LogP contribution in [0, 0.1) is 0 Å². The van der Waals surface area contributed by atoms with Crippen LogP contribution in [0.25, 0.3) is 0 Å². The van der Waals surface area contributed by atoms with Crippen LogP contribution in [0.2, 0.25) is 0 Å². The van der Waals surface area contributed by atoms with E-state index in [1.165, 1.54) is 18.4 Å². The number of rotatable bonds is 4. The number of methoxy groups -OCH3 is 1. The molecular weight excluding hydrogens is 260 g/mol. The second-order valence-electron chi connectivity index (χ2n) is 4.17. The highest BCUT2D eigenvalue weighted by Gasteiger charge is 2.16. The maximum atomic E-state index is 12.1. The van der Waals surface area contributed by atoms with E-state index in [2.05, 4.69) is 0 Å². The molecule has 0 fully saturated rings. The van der Waals surface area contributed by atoms with Crippen LogP contribution in [0.5, 0.6) is 0 Å². The SMILES string of the molecule is COC(=O)[C@H](C)c1ccc(C(=O)c2cccs2)cc1. The van der Waals surface area contributed by atoms with Crippen molar-refractivity contribution < 1.29 is 14.3 Å². The molecule has 0 saturated heterocycles. The second kappa shape index (κ2) is 5.80. The van der Waals surface area contributed by atoms with Crippen molar-refractivity contribution in [1.29, 1.82) is 0 Å². The van der Waals surface area contributed by atoms with Crippen LogP contribution in [0.1, 0.15) is 33.6 Å². The first-order chi connectivity index (χ1) is 9.13. The standard InChI is InChI=1S/C15H14O3S/c1-10(15(17)18-2)11-5-7-12(8-6-11)14(16)13-4-3-9-19-13/h3-10H,1-2H3/t10-/m1/s1. The number of benzene rings is 1. The molecule has 2 rings (SSSR count). The molecule has 1 heterocycles. The zero-order valence-electron chi connectivity index (χ0n) is 10.8. The molecule has 1 aromatic heterocycles. The second-order valence-corrected chi connectivity index (χ2v) is 5.12. The molecule has 0 unspecified atom stereocenters. The van der Waals surface area contributed by atoms with Gasteiger partial charge in [-0.2, -0.15) is 0 Å². The van der Waals surface area contributed by atoms with Gasteiger partial charge in [0.2, 0.25) is 5.78 Å². The minimum atomic E-state index is -0.323. The van der Waals surface area contributed by atoms with Gasteiger partial charge in [0.05, 0.1) is 17.9 Å². The van der Waals surface area contributed by atoms with Gasteiger partial charge in [0.1, 0.15) is 0 Å². The normalized spacial score (nSPS) is 11.9. The third-order valence-corrected chi connectivity index (χ3v) is 3.84. The molecule has 0 N–H and O–H groups in total. The van der Waals surface area contributed by atoms with Crippen molar-refractivity contribution in [3.63, 3.8) is 0 Å². The number of thiophene rings is 1. The Morgan fingerprint density at radius 2 is 1.84 bits per heavy atom. The van der Waals surface area contributed by atoms with E-state index in [0.29, 0.717) is 10.4 Å². The summed E-state index contributed by atoms with van der Waals surface area (Å²) in [6.45, 7) is 1.78. The number of carbonyl (C=O) groups is 2. The summed E-state index contributed by atoms with van der Waals surface area (Å²) in [6, 6.07) is 10.7. The summed E-state index contributed by atoms with van der Waals surface area (Å²) in [6.07, 6.45) is 0. The van der Waals surface area contributed by atoms with Crippen molar-refractivity contribution in [1.82, 2.24) is 0 Å².